The molecule has 0 saturated carbocycles. The Balaban J connectivity index is 1.90. The van der Waals surface area contributed by atoms with Crippen LogP contribution in [0.15, 0.2) is 90.0 Å². The Hall–Kier alpha value is -3.84. The van der Waals surface area contributed by atoms with Gasteiger partial charge in [-0.25, -0.2) is 5.43 Å². The number of hydrazone groups is 1. The third-order valence-electron chi connectivity index (χ3n) is 4.04. The lowest BCUT2D eigenvalue weighted by Crippen LogP contribution is -2.23. The molecule has 0 heterocycles. The van der Waals surface area contributed by atoms with Gasteiger partial charge in [0.1, 0.15) is 11.8 Å². The zero-order valence-corrected chi connectivity index (χ0v) is 14.7. The number of nitro groups is 1. The number of carbonyl (C=O) groups excluding carboxylic acids is 1. The molecule has 0 aliphatic heterocycles. The third-order valence-corrected chi connectivity index (χ3v) is 4.04. The predicted octanol–water partition coefficient (Wildman–Crippen LogP) is 3.46. The zero-order valence-electron chi connectivity index (χ0n) is 14.7. The van der Waals surface area contributed by atoms with Gasteiger partial charge < -0.3 is 5.11 Å². The van der Waals surface area contributed by atoms with Gasteiger partial charge in [0.05, 0.1) is 4.92 Å². The molecule has 1 amide bonds. The van der Waals surface area contributed by atoms with Crippen LogP contribution >= 0.6 is 0 Å². The Labute approximate surface area is 161 Å². The van der Waals surface area contributed by atoms with Gasteiger partial charge in [0.25, 0.3) is 11.6 Å². The minimum atomic E-state index is -1.06. The molecule has 1 unspecified atom stereocenters. The highest BCUT2D eigenvalue weighted by Crippen LogP contribution is 2.19. The molecule has 3 rings (SSSR count). The molecule has 0 fully saturated rings. The second-order valence-electron chi connectivity index (χ2n) is 5.92. The summed E-state index contributed by atoms with van der Waals surface area (Å²) < 4.78 is 0. The number of rotatable bonds is 6. The summed E-state index contributed by atoms with van der Waals surface area (Å²) in [6.45, 7) is 0. The van der Waals surface area contributed by atoms with Crippen molar-refractivity contribution < 1.29 is 14.8 Å². The molecule has 0 aliphatic carbocycles. The largest absolute Gasteiger partial charge is 0.382 e. The molecule has 140 valence electrons. The summed E-state index contributed by atoms with van der Waals surface area (Å²) in [6.07, 6.45) is -1.06. The first kappa shape index (κ1) is 18.9. The van der Waals surface area contributed by atoms with Gasteiger partial charge in [0.2, 0.25) is 0 Å². The highest BCUT2D eigenvalue weighted by atomic mass is 16.6. The van der Waals surface area contributed by atoms with E-state index in [-0.39, 0.29) is 17.0 Å². The van der Waals surface area contributed by atoms with Crippen molar-refractivity contribution >= 4 is 17.3 Å². The zero-order chi connectivity index (χ0) is 19.9. The number of aliphatic hydroxyl groups excluding tert-OH is 1. The average Bonchev–Trinajstić information content (AvgIpc) is 2.75. The monoisotopic (exact) mass is 375 g/mol. The standard InChI is InChI=1S/C21H17N3O4/c25-20(16-10-5-2-6-11-16)19(15-8-3-1-4-9-15)22-23-21(26)17-12-7-13-18(14-17)24(27)28/h1-14,20,25H,(H,23,26)/b22-19-. The van der Waals surface area contributed by atoms with E-state index in [1.54, 1.807) is 48.5 Å². The molecule has 3 aromatic carbocycles. The van der Waals surface area contributed by atoms with E-state index in [2.05, 4.69) is 10.5 Å². The Morgan fingerprint density at radius 1 is 0.929 bits per heavy atom. The summed E-state index contributed by atoms with van der Waals surface area (Å²) in [5.74, 6) is -0.614. The lowest BCUT2D eigenvalue weighted by molar-refractivity contribution is -0.384. The third kappa shape index (κ3) is 4.46. The fourth-order valence-corrected chi connectivity index (χ4v) is 2.62. The first-order valence-electron chi connectivity index (χ1n) is 8.47. The van der Waals surface area contributed by atoms with Crippen LogP contribution in [0.4, 0.5) is 5.69 Å². The Morgan fingerprint density at radius 3 is 2.18 bits per heavy atom. The minimum Gasteiger partial charge on any atom is -0.382 e. The molecular formula is C21H17N3O4. The molecule has 0 radical (unpaired) electrons. The molecule has 7 nitrogen and oxygen atoms in total. The van der Waals surface area contributed by atoms with Crippen molar-refractivity contribution in [2.45, 2.75) is 6.10 Å². The average molecular weight is 375 g/mol. The van der Waals surface area contributed by atoms with Gasteiger partial charge in [-0.1, -0.05) is 66.7 Å². The molecule has 28 heavy (non-hydrogen) atoms. The number of hydrogen-bond acceptors (Lipinski definition) is 5. The van der Waals surface area contributed by atoms with E-state index in [1.807, 2.05) is 12.1 Å². The van der Waals surface area contributed by atoms with Crippen LogP contribution in [0.2, 0.25) is 0 Å². The van der Waals surface area contributed by atoms with Crippen LogP contribution in [0.25, 0.3) is 0 Å². The van der Waals surface area contributed by atoms with Gasteiger partial charge in [0.15, 0.2) is 0 Å². The second kappa shape index (κ2) is 8.70. The quantitative estimate of drug-likeness (QED) is 0.391. The van der Waals surface area contributed by atoms with Gasteiger partial charge in [-0.15, -0.1) is 0 Å². The van der Waals surface area contributed by atoms with Crippen LogP contribution in [0.3, 0.4) is 0 Å². The molecule has 1 atom stereocenters. The van der Waals surface area contributed by atoms with Gasteiger partial charge in [-0.05, 0) is 11.6 Å². The molecule has 7 heteroatoms. The van der Waals surface area contributed by atoms with Crippen LogP contribution in [0.5, 0.6) is 0 Å². The van der Waals surface area contributed by atoms with Crippen LogP contribution in [-0.2, 0) is 0 Å². The number of nitro benzene ring substituents is 1. The van der Waals surface area contributed by atoms with Gasteiger partial charge in [0, 0.05) is 23.3 Å². The maximum Gasteiger partial charge on any atom is 0.271 e. The van der Waals surface area contributed by atoms with E-state index in [4.69, 9.17) is 0 Å². The first-order valence-corrected chi connectivity index (χ1v) is 8.47. The smallest absolute Gasteiger partial charge is 0.271 e. The number of nitrogens with zero attached hydrogens (tertiary/aromatic N) is 2. The summed E-state index contributed by atoms with van der Waals surface area (Å²) in [4.78, 5) is 22.7. The lowest BCUT2D eigenvalue weighted by Gasteiger charge is -2.15. The molecule has 3 aromatic rings. The lowest BCUT2D eigenvalue weighted by atomic mass is 9.99. The second-order valence-corrected chi connectivity index (χ2v) is 5.92. The van der Waals surface area contributed by atoms with Gasteiger partial charge in [-0.2, -0.15) is 5.10 Å². The first-order chi connectivity index (χ1) is 13.6. The van der Waals surface area contributed by atoms with Crippen LogP contribution in [0, 0.1) is 10.1 Å². The highest BCUT2D eigenvalue weighted by molar-refractivity contribution is 6.05. The van der Waals surface area contributed by atoms with E-state index in [9.17, 15) is 20.0 Å². The molecule has 0 saturated heterocycles. The Morgan fingerprint density at radius 2 is 1.54 bits per heavy atom. The molecule has 0 spiro atoms. The van der Waals surface area contributed by atoms with Crippen LogP contribution < -0.4 is 5.43 Å². The molecule has 0 bridgehead atoms. The summed E-state index contributed by atoms with van der Waals surface area (Å²) in [6, 6.07) is 23.2. The number of hydrogen-bond donors (Lipinski definition) is 2. The van der Waals surface area contributed by atoms with Crippen molar-refractivity contribution in [3.05, 3.63) is 112 Å². The summed E-state index contributed by atoms with van der Waals surface area (Å²) in [5.41, 5.74) is 3.80. The SMILES string of the molecule is O=C(N/N=C(/c1ccccc1)C(O)c1ccccc1)c1cccc([N+](=O)[O-])c1. The maximum absolute atomic E-state index is 12.4. The summed E-state index contributed by atoms with van der Waals surface area (Å²) >= 11 is 0. The highest BCUT2D eigenvalue weighted by Gasteiger charge is 2.18. The van der Waals surface area contributed by atoms with Crippen molar-refractivity contribution in [3.8, 4) is 0 Å². The number of benzene rings is 3. The van der Waals surface area contributed by atoms with E-state index in [0.717, 1.165) is 0 Å². The minimum absolute atomic E-state index is 0.0968. The molecule has 2 N–H and O–H groups in total. The fraction of sp³-hybridized carbons (Fsp3) is 0.0476. The van der Waals surface area contributed by atoms with E-state index < -0.39 is 16.9 Å². The molecular weight excluding hydrogens is 358 g/mol. The number of non-ortho nitro benzene ring substituents is 1. The maximum atomic E-state index is 12.4. The molecule has 0 aliphatic rings. The molecule has 0 aromatic heterocycles. The van der Waals surface area contributed by atoms with Crippen molar-refractivity contribution in [1.29, 1.82) is 0 Å². The van der Waals surface area contributed by atoms with Crippen molar-refractivity contribution in [2.24, 2.45) is 5.10 Å². The van der Waals surface area contributed by atoms with Crippen LogP contribution in [0.1, 0.15) is 27.6 Å². The summed E-state index contributed by atoms with van der Waals surface area (Å²) in [7, 11) is 0. The number of amides is 1. The van der Waals surface area contributed by atoms with Gasteiger partial charge in [-0.3, -0.25) is 14.9 Å². The number of carbonyl (C=O) groups is 1. The van der Waals surface area contributed by atoms with Crippen molar-refractivity contribution in [2.75, 3.05) is 0 Å². The van der Waals surface area contributed by atoms with Crippen molar-refractivity contribution in [3.63, 3.8) is 0 Å². The van der Waals surface area contributed by atoms with Crippen molar-refractivity contribution in [1.82, 2.24) is 5.43 Å². The van der Waals surface area contributed by atoms with Gasteiger partial charge >= 0.3 is 0 Å². The Kier molecular flexibility index (Phi) is 5.88. The van der Waals surface area contributed by atoms with E-state index in [0.29, 0.717) is 11.1 Å². The predicted molar refractivity (Wildman–Crippen MR) is 105 cm³/mol. The van der Waals surface area contributed by atoms with E-state index >= 15 is 0 Å². The fourth-order valence-electron chi connectivity index (χ4n) is 2.62. The number of nitrogens with one attached hydrogen (secondary N) is 1. The normalized spacial score (nSPS) is 12.2. The number of aliphatic hydroxyl groups is 1. The topological polar surface area (TPSA) is 105 Å². The van der Waals surface area contributed by atoms with Crippen LogP contribution in [-0.4, -0.2) is 21.6 Å². The van der Waals surface area contributed by atoms with E-state index in [1.165, 1.54) is 24.3 Å². The summed E-state index contributed by atoms with van der Waals surface area (Å²) in [5, 5.41) is 25.8. The Bertz CT molecular complexity index is 1000.